The number of rotatable bonds is 5. The summed E-state index contributed by atoms with van der Waals surface area (Å²) in [5, 5.41) is 0. The third kappa shape index (κ3) is 4.46. The topological polar surface area (TPSA) is 80.3 Å². The van der Waals surface area contributed by atoms with Gasteiger partial charge in [-0.05, 0) is 37.1 Å². The molecule has 7 nitrogen and oxygen atoms in total. The van der Waals surface area contributed by atoms with Crippen molar-refractivity contribution in [1.82, 2.24) is 4.90 Å². The van der Waals surface area contributed by atoms with Crippen LogP contribution in [0.3, 0.4) is 0 Å². The molecule has 2 atom stereocenters. The number of piperazine rings is 1. The van der Waals surface area contributed by atoms with Crippen molar-refractivity contribution in [1.29, 1.82) is 0 Å². The number of primary amides is 1. The van der Waals surface area contributed by atoms with Crippen molar-refractivity contribution in [3.8, 4) is 5.75 Å². The Morgan fingerprint density at radius 3 is 2.50 bits per heavy atom. The zero-order valence-electron chi connectivity index (χ0n) is 15.4. The first-order valence-corrected chi connectivity index (χ1v) is 9.36. The molecular weight excluding hydrogens is 332 g/mol. The first-order valence-electron chi connectivity index (χ1n) is 9.36. The first kappa shape index (κ1) is 18.5. The lowest BCUT2D eigenvalue weighted by molar-refractivity contribution is -0.899. The van der Waals surface area contributed by atoms with Crippen LogP contribution in [0.25, 0.3) is 0 Å². The van der Waals surface area contributed by atoms with Gasteiger partial charge in [0.1, 0.15) is 5.75 Å². The number of carbonyl (C=O) groups is 2. The average Bonchev–Trinajstić information content (AvgIpc) is 2.68. The molecule has 1 aromatic rings. The number of nitrogens with one attached hydrogen (secondary N) is 1. The Morgan fingerprint density at radius 2 is 1.88 bits per heavy atom. The number of methoxy groups -OCH3 is 1. The summed E-state index contributed by atoms with van der Waals surface area (Å²) in [5.41, 5.74) is 6.59. The number of anilines is 1. The summed E-state index contributed by atoms with van der Waals surface area (Å²) < 4.78 is 5.20. The van der Waals surface area contributed by atoms with Crippen molar-refractivity contribution in [3.63, 3.8) is 0 Å². The van der Waals surface area contributed by atoms with Gasteiger partial charge in [-0.3, -0.25) is 9.59 Å². The van der Waals surface area contributed by atoms with Crippen LogP contribution in [-0.2, 0) is 9.59 Å². The largest absolute Gasteiger partial charge is 0.497 e. The van der Waals surface area contributed by atoms with Gasteiger partial charge in [-0.15, -0.1) is 0 Å². The van der Waals surface area contributed by atoms with Gasteiger partial charge in [0.15, 0.2) is 6.54 Å². The van der Waals surface area contributed by atoms with E-state index >= 15 is 0 Å². The Kier molecular flexibility index (Phi) is 5.98. The minimum atomic E-state index is -0.234. The van der Waals surface area contributed by atoms with Gasteiger partial charge in [0.25, 0.3) is 5.91 Å². The third-order valence-electron chi connectivity index (χ3n) is 5.49. The Bertz CT molecular complexity index is 626. The maximum absolute atomic E-state index is 12.6. The molecule has 2 fully saturated rings. The van der Waals surface area contributed by atoms with E-state index in [0.29, 0.717) is 13.1 Å². The molecule has 2 amide bonds. The van der Waals surface area contributed by atoms with Gasteiger partial charge < -0.3 is 25.2 Å². The van der Waals surface area contributed by atoms with Crippen molar-refractivity contribution in [2.75, 3.05) is 57.8 Å². The summed E-state index contributed by atoms with van der Waals surface area (Å²) in [7, 11) is 1.66. The highest BCUT2D eigenvalue weighted by molar-refractivity contribution is 5.78. The Hall–Kier alpha value is -2.28. The lowest BCUT2D eigenvalue weighted by Gasteiger charge is -2.37. The van der Waals surface area contributed by atoms with E-state index in [1.165, 1.54) is 4.90 Å². The molecule has 7 heteroatoms. The third-order valence-corrected chi connectivity index (χ3v) is 5.49. The molecule has 0 radical (unpaired) electrons. The minimum absolute atomic E-state index is 0.0848. The molecule has 2 heterocycles. The van der Waals surface area contributed by atoms with E-state index in [1.54, 1.807) is 7.11 Å². The molecule has 0 bridgehead atoms. The molecule has 1 unspecified atom stereocenters. The van der Waals surface area contributed by atoms with E-state index in [1.807, 2.05) is 17.0 Å². The highest BCUT2D eigenvalue weighted by Gasteiger charge is 2.30. The minimum Gasteiger partial charge on any atom is -0.497 e. The molecule has 142 valence electrons. The van der Waals surface area contributed by atoms with E-state index in [4.69, 9.17) is 10.5 Å². The summed E-state index contributed by atoms with van der Waals surface area (Å²) in [4.78, 5) is 29.4. The number of quaternary nitrogens is 1. The fourth-order valence-corrected chi connectivity index (χ4v) is 3.89. The molecule has 0 aliphatic carbocycles. The van der Waals surface area contributed by atoms with Crippen molar-refractivity contribution < 1.29 is 19.2 Å². The van der Waals surface area contributed by atoms with Crippen molar-refractivity contribution >= 4 is 17.5 Å². The molecule has 26 heavy (non-hydrogen) atoms. The van der Waals surface area contributed by atoms with E-state index < -0.39 is 0 Å². The summed E-state index contributed by atoms with van der Waals surface area (Å²) in [5.74, 6) is 0.710. The van der Waals surface area contributed by atoms with E-state index in [-0.39, 0.29) is 17.7 Å². The second-order valence-electron chi connectivity index (χ2n) is 7.19. The molecule has 2 saturated heterocycles. The van der Waals surface area contributed by atoms with Crippen LogP contribution in [0.15, 0.2) is 24.3 Å². The second kappa shape index (κ2) is 8.40. The smallest absolute Gasteiger partial charge is 0.277 e. The lowest BCUT2D eigenvalue weighted by atomic mass is 9.97. The molecular formula is C19H29N4O3+. The van der Waals surface area contributed by atoms with Crippen molar-refractivity contribution in [2.24, 2.45) is 11.7 Å². The van der Waals surface area contributed by atoms with Crippen LogP contribution in [-0.4, -0.2) is 69.6 Å². The standard InChI is InChI=1S/C19H28N4O3/c1-26-17-6-4-16(5-7-17)22-9-11-23(12-10-22)18(24)14-21-8-2-3-15(13-21)19(20)25/h4-7,15H,2-3,8-14H2,1H3,(H2,20,25)/p+1/t15-/m0/s1. The normalized spacial score (nSPS) is 23.6. The number of amides is 2. The van der Waals surface area contributed by atoms with Gasteiger partial charge in [-0.1, -0.05) is 0 Å². The molecule has 0 aromatic heterocycles. The summed E-state index contributed by atoms with van der Waals surface area (Å²) >= 11 is 0. The van der Waals surface area contributed by atoms with Crippen LogP contribution >= 0.6 is 0 Å². The predicted molar refractivity (Wildman–Crippen MR) is 99.3 cm³/mol. The van der Waals surface area contributed by atoms with Crippen LogP contribution in [0.1, 0.15) is 12.8 Å². The number of piperidine rings is 1. The highest BCUT2D eigenvalue weighted by atomic mass is 16.5. The molecule has 0 spiro atoms. The number of nitrogens with two attached hydrogens (primary N) is 1. The molecule has 0 saturated carbocycles. The van der Waals surface area contributed by atoms with Gasteiger partial charge in [0.2, 0.25) is 5.91 Å². The van der Waals surface area contributed by atoms with Crippen LogP contribution in [0.2, 0.25) is 0 Å². The van der Waals surface area contributed by atoms with Crippen molar-refractivity contribution in [2.45, 2.75) is 12.8 Å². The fraction of sp³-hybridized carbons (Fsp3) is 0.579. The lowest BCUT2D eigenvalue weighted by Crippen LogP contribution is -3.15. The maximum Gasteiger partial charge on any atom is 0.277 e. The SMILES string of the molecule is COc1ccc(N2CCN(C(=O)C[NH+]3CCC[C@H](C(N)=O)C3)CC2)cc1. The van der Waals surface area contributed by atoms with Crippen LogP contribution in [0.5, 0.6) is 5.75 Å². The average molecular weight is 361 g/mol. The van der Waals surface area contributed by atoms with Crippen molar-refractivity contribution in [3.05, 3.63) is 24.3 Å². The number of hydrogen-bond donors (Lipinski definition) is 2. The molecule has 3 rings (SSSR count). The van der Waals surface area contributed by atoms with Crippen LogP contribution < -0.4 is 20.3 Å². The van der Waals surface area contributed by atoms with Gasteiger partial charge in [-0.2, -0.15) is 0 Å². The number of ether oxygens (including phenoxy) is 1. The monoisotopic (exact) mass is 361 g/mol. The van der Waals surface area contributed by atoms with Crippen LogP contribution in [0, 0.1) is 5.92 Å². The summed E-state index contributed by atoms with van der Waals surface area (Å²) in [6.07, 6.45) is 1.81. The molecule has 3 N–H and O–H groups in total. The highest BCUT2D eigenvalue weighted by Crippen LogP contribution is 2.20. The van der Waals surface area contributed by atoms with Gasteiger partial charge in [0.05, 0.1) is 26.1 Å². The fourth-order valence-electron chi connectivity index (χ4n) is 3.89. The molecule has 2 aliphatic rings. The van der Waals surface area contributed by atoms with E-state index in [2.05, 4.69) is 17.0 Å². The first-order chi connectivity index (χ1) is 12.6. The zero-order chi connectivity index (χ0) is 18.5. The summed E-state index contributed by atoms with van der Waals surface area (Å²) in [6, 6.07) is 8.03. The Balaban J connectivity index is 1.48. The second-order valence-corrected chi connectivity index (χ2v) is 7.19. The number of likely N-dealkylation sites (tertiary alicyclic amines) is 1. The maximum atomic E-state index is 12.6. The van der Waals surface area contributed by atoms with Gasteiger partial charge in [-0.25, -0.2) is 0 Å². The van der Waals surface area contributed by atoms with Crippen LogP contribution in [0.4, 0.5) is 5.69 Å². The number of benzene rings is 1. The quantitative estimate of drug-likeness (QED) is 0.714. The summed E-state index contributed by atoms with van der Waals surface area (Å²) in [6.45, 7) is 5.23. The molecule has 2 aliphatic heterocycles. The Labute approximate surface area is 154 Å². The number of hydrogen-bond acceptors (Lipinski definition) is 4. The Morgan fingerprint density at radius 1 is 1.19 bits per heavy atom. The molecule has 1 aromatic carbocycles. The predicted octanol–water partition coefficient (Wildman–Crippen LogP) is -0.876. The van der Waals surface area contributed by atoms with E-state index in [9.17, 15) is 9.59 Å². The van der Waals surface area contributed by atoms with Gasteiger partial charge >= 0.3 is 0 Å². The van der Waals surface area contributed by atoms with E-state index in [0.717, 1.165) is 57.0 Å². The zero-order valence-corrected chi connectivity index (χ0v) is 15.4. The van der Waals surface area contributed by atoms with Gasteiger partial charge in [0, 0.05) is 31.9 Å². The number of nitrogens with zero attached hydrogens (tertiary/aromatic N) is 2. The number of carbonyl (C=O) groups excluding carboxylic acids is 2.